The fourth-order valence-corrected chi connectivity index (χ4v) is 2.40. The molecule has 0 fully saturated rings. The molecule has 0 bridgehead atoms. The van der Waals surface area contributed by atoms with Gasteiger partial charge in [-0.2, -0.15) is 0 Å². The van der Waals surface area contributed by atoms with Crippen molar-refractivity contribution in [2.75, 3.05) is 13.1 Å². The molecule has 0 aromatic heterocycles. The summed E-state index contributed by atoms with van der Waals surface area (Å²) in [5, 5.41) is 0. The molecule has 1 aromatic rings. The highest BCUT2D eigenvalue weighted by atomic mass is 19.3. The molecule has 1 unspecified atom stereocenters. The fraction of sp³-hybridized carbons (Fsp3) is 0.600. The van der Waals surface area contributed by atoms with Crippen LogP contribution in [0.2, 0.25) is 0 Å². The third-order valence-corrected chi connectivity index (χ3v) is 3.32. The molecule has 2 N–H and O–H groups in total. The highest BCUT2D eigenvalue weighted by Gasteiger charge is 2.21. The van der Waals surface area contributed by atoms with Gasteiger partial charge in [-0.25, -0.2) is 8.78 Å². The molecule has 4 heteroatoms. The SMILES string of the molecule is CCCN(C(C)C)C(CN)c1cccc(C(F)F)c1. The maximum absolute atomic E-state index is 12.8. The molecule has 0 heterocycles. The van der Waals surface area contributed by atoms with E-state index in [0.29, 0.717) is 12.6 Å². The average Bonchev–Trinajstić information content (AvgIpc) is 2.38. The zero-order valence-electron chi connectivity index (χ0n) is 11.9. The van der Waals surface area contributed by atoms with Crippen LogP contribution in [0.25, 0.3) is 0 Å². The number of hydrogen-bond acceptors (Lipinski definition) is 2. The summed E-state index contributed by atoms with van der Waals surface area (Å²) in [6, 6.07) is 6.94. The largest absolute Gasteiger partial charge is 0.329 e. The number of alkyl halides is 2. The number of halogens is 2. The molecular weight excluding hydrogens is 246 g/mol. The Morgan fingerprint density at radius 2 is 1.84 bits per heavy atom. The van der Waals surface area contributed by atoms with Crippen LogP contribution in [-0.2, 0) is 0 Å². The van der Waals surface area contributed by atoms with E-state index in [1.807, 2.05) is 6.07 Å². The first-order valence-corrected chi connectivity index (χ1v) is 6.85. The van der Waals surface area contributed by atoms with Crippen LogP contribution < -0.4 is 5.73 Å². The summed E-state index contributed by atoms with van der Waals surface area (Å²) in [4.78, 5) is 2.27. The quantitative estimate of drug-likeness (QED) is 0.817. The Labute approximate surface area is 114 Å². The molecule has 0 spiro atoms. The molecule has 1 atom stereocenters. The fourth-order valence-electron chi connectivity index (χ4n) is 2.40. The molecule has 0 aliphatic carbocycles. The van der Waals surface area contributed by atoms with Gasteiger partial charge < -0.3 is 5.73 Å². The Morgan fingerprint density at radius 1 is 1.21 bits per heavy atom. The minimum Gasteiger partial charge on any atom is -0.329 e. The standard InChI is InChI=1S/C15H24F2N2/c1-4-8-19(11(2)3)14(10-18)12-6-5-7-13(9-12)15(16)17/h5-7,9,11,14-15H,4,8,10,18H2,1-3H3. The van der Waals surface area contributed by atoms with Crippen LogP contribution in [0.5, 0.6) is 0 Å². The molecule has 0 radical (unpaired) electrons. The molecule has 1 rings (SSSR count). The van der Waals surface area contributed by atoms with Gasteiger partial charge in [0.05, 0.1) is 0 Å². The lowest BCUT2D eigenvalue weighted by molar-refractivity contribution is 0.148. The van der Waals surface area contributed by atoms with Crippen molar-refractivity contribution >= 4 is 0 Å². The van der Waals surface area contributed by atoms with E-state index < -0.39 is 6.43 Å². The van der Waals surface area contributed by atoms with Crippen molar-refractivity contribution in [2.24, 2.45) is 5.73 Å². The summed E-state index contributed by atoms with van der Waals surface area (Å²) < 4.78 is 25.6. The summed E-state index contributed by atoms with van der Waals surface area (Å²) in [5.74, 6) is 0. The molecule has 19 heavy (non-hydrogen) atoms. The predicted molar refractivity (Wildman–Crippen MR) is 75.3 cm³/mol. The summed E-state index contributed by atoms with van der Waals surface area (Å²) in [6.45, 7) is 7.67. The minimum atomic E-state index is -2.43. The van der Waals surface area contributed by atoms with E-state index >= 15 is 0 Å². The van der Waals surface area contributed by atoms with Crippen LogP contribution in [0, 0.1) is 0 Å². The molecule has 0 saturated carbocycles. The van der Waals surface area contributed by atoms with Gasteiger partial charge in [0.1, 0.15) is 0 Å². The predicted octanol–water partition coefficient (Wildman–Crippen LogP) is 3.74. The Balaban J connectivity index is 3.03. The Hall–Kier alpha value is -1.00. The third-order valence-electron chi connectivity index (χ3n) is 3.32. The van der Waals surface area contributed by atoms with E-state index in [0.717, 1.165) is 18.5 Å². The summed E-state index contributed by atoms with van der Waals surface area (Å²) >= 11 is 0. The molecule has 0 aliphatic rings. The smallest absolute Gasteiger partial charge is 0.263 e. The lowest BCUT2D eigenvalue weighted by Gasteiger charge is -2.34. The van der Waals surface area contributed by atoms with E-state index in [1.165, 1.54) is 6.07 Å². The van der Waals surface area contributed by atoms with Crippen molar-refractivity contribution in [3.8, 4) is 0 Å². The number of rotatable bonds is 7. The Bertz CT molecular complexity index is 380. The Kier molecular flexibility index (Phi) is 6.38. The van der Waals surface area contributed by atoms with Crippen molar-refractivity contribution in [3.05, 3.63) is 35.4 Å². The van der Waals surface area contributed by atoms with Gasteiger partial charge in [-0.15, -0.1) is 0 Å². The van der Waals surface area contributed by atoms with E-state index in [-0.39, 0.29) is 11.6 Å². The molecule has 108 valence electrons. The second-order valence-corrected chi connectivity index (χ2v) is 5.05. The highest BCUT2D eigenvalue weighted by Crippen LogP contribution is 2.26. The number of nitrogens with two attached hydrogens (primary N) is 1. The average molecular weight is 270 g/mol. The zero-order valence-corrected chi connectivity index (χ0v) is 11.9. The normalized spacial score (nSPS) is 13.5. The molecule has 0 aliphatic heterocycles. The third kappa shape index (κ3) is 4.25. The Morgan fingerprint density at radius 3 is 2.32 bits per heavy atom. The second kappa shape index (κ2) is 7.56. The topological polar surface area (TPSA) is 29.3 Å². The second-order valence-electron chi connectivity index (χ2n) is 5.05. The van der Waals surface area contributed by atoms with Gasteiger partial charge >= 0.3 is 0 Å². The van der Waals surface area contributed by atoms with E-state index in [4.69, 9.17) is 5.73 Å². The first-order chi connectivity index (χ1) is 9.01. The number of nitrogens with zero attached hydrogens (tertiary/aromatic N) is 1. The molecular formula is C15H24F2N2. The first kappa shape index (κ1) is 16.1. The zero-order chi connectivity index (χ0) is 14.4. The first-order valence-electron chi connectivity index (χ1n) is 6.85. The van der Waals surface area contributed by atoms with Gasteiger partial charge in [0, 0.05) is 24.2 Å². The minimum absolute atomic E-state index is 0.00125. The maximum atomic E-state index is 12.8. The van der Waals surface area contributed by atoms with Crippen LogP contribution in [0.4, 0.5) is 8.78 Å². The number of hydrogen-bond donors (Lipinski definition) is 1. The van der Waals surface area contributed by atoms with Gasteiger partial charge in [0.15, 0.2) is 0 Å². The van der Waals surface area contributed by atoms with E-state index in [1.54, 1.807) is 12.1 Å². The lowest BCUT2D eigenvalue weighted by atomic mass is 10.0. The summed E-state index contributed by atoms with van der Waals surface area (Å²) in [6.07, 6.45) is -1.42. The summed E-state index contributed by atoms with van der Waals surface area (Å²) in [5.41, 5.74) is 6.81. The van der Waals surface area contributed by atoms with Gasteiger partial charge in [0.2, 0.25) is 0 Å². The molecule has 2 nitrogen and oxygen atoms in total. The monoisotopic (exact) mass is 270 g/mol. The lowest BCUT2D eigenvalue weighted by Crippen LogP contribution is -2.39. The summed E-state index contributed by atoms with van der Waals surface area (Å²) in [7, 11) is 0. The number of benzene rings is 1. The van der Waals surface area contributed by atoms with Gasteiger partial charge in [-0.1, -0.05) is 25.1 Å². The van der Waals surface area contributed by atoms with Crippen molar-refractivity contribution in [1.82, 2.24) is 4.90 Å². The molecule has 0 amide bonds. The van der Waals surface area contributed by atoms with Gasteiger partial charge in [-0.05, 0) is 38.4 Å². The maximum Gasteiger partial charge on any atom is 0.263 e. The molecule has 0 saturated heterocycles. The molecule has 1 aromatic carbocycles. The van der Waals surface area contributed by atoms with Crippen molar-refractivity contribution in [3.63, 3.8) is 0 Å². The highest BCUT2D eigenvalue weighted by molar-refractivity contribution is 5.27. The van der Waals surface area contributed by atoms with E-state index in [2.05, 4.69) is 25.7 Å². The van der Waals surface area contributed by atoms with Crippen molar-refractivity contribution < 1.29 is 8.78 Å². The van der Waals surface area contributed by atoms with Gasteiger partial charge in [-0.3, -0.25) is 4.90 Å². The van der Waals surface area contributed by atoms with Crippen LogP contribution in [0.1, 0.15) is 50.8 Å². The van der Waals surface area contributed by atoms with Crippen LogP contribution >= 0.6 is 0 Å². The van der Waals surface area contributed by atoms with Crippen molar-refractivity contribution in [1.29, 1.82) is 0 Å². The van der Waals surface area contributed by atoms with Crippen LogP contribution in [0.15, 0.2) is 24.3 Å². The van der Waals surface area contributed by atoms with Crippen LogP contribution in [0.3, 0.4) is 0 Å². The van der Waals surface area contributed by atoms with E-state index in [9.17, 15) is 8.78 Å². The van der Waals surface area contributed by atoms with Crippen molar-refractivity contribution in [2.45, 2.75) is 45.7 Å². The van der Waals surface area contributed by atoms with Crippen LogP contribution in [-0.4, -0.2) is 24.0 Å². The van der Waals surface area contributed by atoms with Gasteiger partial charge in [0.25, 0.3) is 6.43 Å².